The quantitative estimate of drug-likeness (QED) is 0.840. The molecule has 1 heterocycles. The van der Waals surface area contributed by atoms with Crippen molar-refractivity contribution in [1.29, 1.82) is 0 Å². The van der Waals surface area contributed by atoms with E-state index in [1.54, 1.807) is 6.07 Å². The fourth-order valence-corrected chi connectivity index (χ4v) is 1.75. The molecule has 0 aliphatic rings. The van der Waals surface area contributed by atoms with Gasteiger partial charge in [-0.15, -0.1) is 0 Å². The zero-order valence-corrected chi connectivity index (χ0v) is 9.78. The molecule has 6 heteroatoms. The summed E-state index contributed by atoms with van der Waals surface area (Å²) in [6.07, 6.45) is 0.171. The largest absolute Gasteiger partial charge is 0.388 e. The highest BCUT2D eigenvalue weighted by atomic mass is 19.2. The maximum Gasteiger partial charge on any atom is 0.194 e. The van der Waals surface area contributed by atoms with Crippen LogP contribution in [0, 0.1) is 17.5 Å². The lowest BCUT2D eigenvalue weighted by atomic mass is 10.0. The van der Waals surface area contributed by atoms with E-state index >= 15 is 0 Å². The summed E-state index contributed by atoms with van der Waals surface area (Å²) in [6.45, 7) is 0. The zero-order chi connectivity index (χ0) is 14.0. The Morgan fingerprint density at radius 3 is 2.58 bits per heavy atom. The van der Waals surface area contributed by atoms with Crippen molar-refractivity contribution < 1.29 is 18.3 Å². The van der Waals surface area contributed by atoms with E-state index in [9.17, 15) is 18.3 Å². The summed E-state index contributed by atoms with van der Waals surface area (Å²) in [5.41, 5.74) is 5.79. The number of nitrogen functional groups attached to an aromatic ring is 1. The van der Waals surface area contributed by atoms with Crippen LogP contribution in [0.4, 0.5) is 19.0 Å². The number of rotatable bonds is 3. The van der Waals surface area contributed by atoms with Crippen molar-refractivity contribution >= 4 is 5.82 Å². The van der Waals surface area contributed by atoms with E-state index < -0.39 is 23.6 Å². The van der Waals surface area contributed by atoms with Gasteiger partial charge in [0.25, 0.3) is 0 Å². The fraction of sp³-hybridized carbons (Fsp3) is 0.154. The van der Waals surface area contributed by atoms with Crippen molar-refractivity contribution in [2.75, 3.05) is 5.73 Å². The number of pyridine rings is 1. The summed E-state index contributed by atoms with van der Waals surface area (Å²) >= 11 is 0. The average molecular weight is 268 g/mol. The first-order valence-corrected chi connectivity index (χ1v) is 5.51. The number of anilines is 1. The topological polar surface area (TPSA) is 59.1 Å². The van der Waals surface area contributed by atoms with E-state index in [4.69, 9.17) is 5.73 Å². The number of hydrogen-bond donors (Lipinski definition) is 2. The fourth-order valence-electron chi connectivity index (χ4n) is 1.75. The second kappa shape index (κ2) is 5.27. The molecule has 3 nitrogen and oxygen atoms in total. The van der Waals surface area contributed by atoms with E-state index in [0.717, 1.165) is 12.1 Å². The van der Waals surface area contributed by atoms with E-state index in [1.165, 1.54) is 12.3 Å². The molecule has 0 amide bonds. The number of halogens is 3. The second-order valence-corrected chi connectivity index (χ2v) is 4.07. The summed E-state index contributed by atoms with van der Waals surface area (Å²) in [5, 5.41) is 9.87. The molecular weight excluding hydrogens is 257 g/mol. The van der Waals surface area contributed by atoms with Crippen molar-refractivity contribution in [3.63, 3.8) is 0 Å². The van der Waals surface area contributed by atoms with Gasteiger partial charge in [-0.05, 0) is 23.8 Å². The van der Waals surface area contributed by atoms with Gasteiger partial charge >= 0.3 is 0 Å². The number of aromatic nitrogens is 1. The van der Waals surface area contributed by atoms with Crippen LogP contribution in [0.15, 0.2) is 30.5 Å². The predicted octanol–water partition coefficient (Wildman–Crippen LogP) is 2.36. The third-order valence-electron chi connectivity index (χ3n) is 2.70. The third kappa shape index (κ3) is 2.85. The van der Waals surface area contributed by atoms with Gasteiger partial charge in [0.1, 0.15) is 5.82 Å². The Morgan fingerprint density at radius 1 is 1.16 bits per heavy atom. The van der Waals surface area contributed by atoms with E-state index in [2.05, 4.69) is 4.98 Å². The third-order valence-corrected chi connectivity index (χ3v) is 2.70. The van der Waals surface area contributed by atoms with Gasteiger partial charge in [-0.25, -0.2) is 18.2 Å². The van der Waals surface area contributed by atoms with Crippen LogP contribution in [0.1, 0.15) is 17.2 Å². The van der Waals surface area contributed by atoms with Crippen LogP contribution in [-0.2, 0) is 6.42 Å². The van der Waals surface area contributed by atoms with E-state index in [0.29, 0.717) is 5.56 Å². The molecule has 3 N–H and O–H groups in total. The molecule has 100 valence electrons. The van der Waals surface area contributed by atoms with Crippen molar-refractivity contribution in [2.24, 2.45) is 0 Å². The molecule has 1 atom stereocenters. The number of aliphatic hydroxyl groups excluding tert-OH is 1. The average Bonchev–Trinajstić information content (AvgIpc) is 2.36. The van der Waals surface area contributed by atoms with Crippen molar-refractivity contribution in [3.05, 3.63) is 59.0 Å². The molecule has 0 aliphatic carbocycles. The minimum absolute atomic E-state index is 0.0225. The molecule has 0 fully saturated rings. The lowest BCUT2D eigenvalue weighted by Gasteiger charge is -2.12. The molecule has 0 spiro atoms. The Bertz CT molecular complexity index is 604. The first kappa shape index (κ1) is 13.4. The molecule has 2 rings (SSSR count). The van der Waals surface area contributed by atoms with Gasteiger partial charge in [0, 0.05) is 18.2 Å². The number of nitrogens with two attached hydrogens (primary N) is 1. The monoisotopic (exact) mass is 268 g/mol. The first-order chi connectivity index (χ1) is 8.99. The Kier molecular flexibility index (Phi) is 3.71. The summed E-state index contributed by atoms with van der Waals surface area (Å²) in [6, 6.07) is 4.90. The van der Waals surface area contributed by atoms with Gasteiger partial charge < -0.3 is 10.8 Å². The number of aliphatic hydroxyl groups is 1. The molecule has 0 saturated carbocycles. The standard InChI is InChI=1S/C13H11F3N2O/c14-9-2-1-8(12(15)13(9)16)10(19)5-7-3-4-18-11(17)6-7/h1-4,6,10,19H,5H2,(H2,17,18). The van der Waals surface area contributed by atoms with Crippen LogP contribution in [-0.4, -0.2) is 10.1 Å². The Balaban J connectivity index is 2.25. The van der Waals surface area contributed by atoms with Crippen molar-refractivity contribution in [2.45, 2.75) is 12.5 Å². The molecule has 1 aromatic carbocycles. The summed E-state index contributed by atoms with van der Waals surface area (Å²) < 4.78 is 39.3. The van der Waals surface area contributed by atoms with E-state index in [-0.39, 0.29) is 17.8 Å². The molecule has 1 unspecified atom stereocenters. The molecule has 0 bridgehead atoms. The second-order valence-electron chi connectivity index (χ2n) is 4.07. The first-order valence-electron chi connectivity index (χ1n) is 5.51. The van der Waals surface area contributed by atoms with Crippen molar-refractivity contribution in [3.8, 4) is 0 Å². The van der Waals surface area contributed by atoms with Crippen LogP contribution in [0.25, 0.3) is 0 Å². The lowest BCUT2D eigenvalue weighted by Crippen LogP contribution is -2.07. The van der Waals surface area contributed by atoms with Crippen LogP contribution in [0.3, 0.4) is 0 Å². The highest BCUT2D eigenvalue weighted by Gasteiger charge is 2.19. The highest BCUT2D eigenvalue weighted by molar-refractivity contribution is 5.33. The highest BCUT2D eigenvalue weighted by Crippen LogP contribution is 2.24. The summed E-state index contributed by atoms with van der Waals surface area (Å²) in [7, 11) is 0. The molecular formula is C13H11F3N2O. The summed E-state index contributed by atoms with van der Waals surface area (Å²) in [5.74, 6) is -4.00. The lowest BCUT2D eigenvalue weighted by molar-refractivity contribution is 0.172. The molecule has 19 heavy (non-hydrogen) atoms. The molecule has 2 aromatic rings. The van der Waals surface area contributed by atoms with Crippen LogP contribution < -0.4 is 5.73 Å². The SMILES string of the molecule is Nc1cc(CC(O)c2ccc(F)c(F)c2F)ccn1. The van der Waals surface area contributed by atoms with Crippen LogP contribution in [0.2, 0.25) is 0 Å². The number of nitrogens with zero attached hydrogens (tertiary/aromatic N) is 1. The normalized spacial score (nSPS) is 12.4. The minimum Gasteiger partial charge on any atom is -0.388 e. The Hall–Kier alpha value is -2.08. The maximum absolute atomic E-state index is 13.5. The van der Waals surface area contributed by atoms with Gasteiger partial charge in [0.15, 0.2) is 17.5 Å². The minimum atomic E-state index is -1.59. The van der Waals surface area contributed by atoms with Gasteiger partial charge in [0.2, 0.25) is 0 Å². The smallest absolute Gasteiger partial charge is 0.194 e. The van der Waals surface area contributed by atoms with Gasteiger partial charge in [-0.3, -0.25) is 0 Å². The van der Waals surface area contributed by atoms with Crippen LogP contribution in [0.5, 0.6) is 0 Å². The van der Waals surface area contributed by atoms with Crippen molar-refractivity contribution in [1.82, 2.24) is 4.98 Å². The Morgan fingerprint density at radius 2 is 1.89 bits per heavy atom. The molecule has 1 aromatic heterocycles. The van der Waals surface area contributed by atoms with E-state index in [1.807, 2.05) is 0 Å². The summed E-state index contributed by atoms with van der Waals surface area (Å²) in [4.78, 5) is 3.78. The number of hydrogen-bond acceptors (Lipinski definition) is 3. The number of benzene rings is 1. The van der Waals surface area contributed by atoms with Gasteiger partial charge in [-0.2, -0.15) is 0 Å². The van der Waals surface area contributed by atoms with Gasteiger partial charge in [0.05, 0.1) is 6.10 Å². The molecule has 0 saturated heterocycles. The van der Waals surface area contributed by atoms with Crippen LogP contribution >= 0.6 is 0 Å². The molecule has 0 radical (unpaired) electrons. The predicted molar refractivity (Wildman–Crippen MR) is 63.6 cm³/mol. The molecule has 0 aliphatic heterocycles. The maximum atomic E-state index is 13.5. The Labute approximate surface area is 107 Å². The zero-order valence-electron chi connectivity index (χ0n) is 9.78. The van der Waals surface area contributed by atoms with Gasteiger partial charge in [-0.1, -0.05) is 6.07 Å².